The lowest BCUT2D eigenvalue weighted by molar-refractivity contribution is 0.399. The Balaban J connectivity index is -0.0000000133. The fraction of sp³-hybridized carbons (Fsp3) is 1.00. The molecule has 0 fully saturated rings. The summed E-state index contributed by atoms with van der Waals surface area (Å²) in [6.07, 6.45) is 0. The molecular formula is C4H16O4. The lowest BCUT2D eigenvalue weighted by atomic mass is 11.8. The Morgan fingerprint density at radius 1 is 0.375 bits per heavy atom. The van der Waals surface area contributed by atoms with Crippen molar-refractivity contribution in [1.82, 2.24) is 0 Å². The summed E-state index contributed by atoms with van der Waals surface area (Å²) in [6.45, 7) is 0. The fourth-order valence-corrected chi connectivity index (χ4v) is 0. The van der Waals surface area contributed by atoms with Crippen molar-refractivity contribution in [2.24, 2.45) is 0 Å². The molecule has 0 atom stereocenters. The Morgan fingerprint density at radius 3 is 0.375 bits per heavy atom. The van der Waals surface area contributed by atoms with Crippen LogP contribution in [-0.4, -0.2) is 48.9 Å². The third kappa shape index (κ3) is 5340. The van der Waals surface area contributed by atoms with Crippen LogP contribution in [0.3, 0.4) is 0 Å². The Bertz CT molecular complexity index is 8.00. The lowest BCUT2D eigenvalue weighted by Gasteiger charge is -1.21. The minimum absolute atomic E-state index is 1.00. The molecule has 0 saturated carbocycles. The standard InChI is InChI=1S/4CH4O/c4*1-2/h4*2H,1H3. The molecule has 0 bridgehead atoms. The number of hydrogen-bond acceptors (Lipinski definition) is 4. The van der Waals surface area contributed by atoms with Gasteiger partial charge in [-0.1, -0.05) is 0 Å². The van der Waals surface area contributed by atoms with Gasteiger partial charge in [0.05, 0.1) is 0 Å². The molecular weight excluding hydrogens is 112 g/mol. The van der Waals surface area contributed by atoms with E-state index in [4.69, 9.17) is 20.4 Å². The molecule has 0 aromatic carbocycles. The van der Waals surface area contributed by atoms with Gasteiger partial charge in [0.1, 0.15) is 0 Å². The molecule has 0 heterocycles. The zero-order chi connectivity index (χ0) is 8.00. The summed E-state index contributed by atoms with van der Waals surface area (Å²) in [7, 11) is 4.00. The second-order valence-corrected chi connectivity index (χ2v) is 0. The summed E-state index contributed by atoms with van der Waals surface area (Å²) < 4.78 is 0. The average molecular weight is 128 g/mol. The topological polar surface area (TPSA) is 80.9 Å². The zero-order valence-corrected chi connectivity index (χ0v) is 5.79. The van der Waals surface area contributed by atoms with Crippen LogP contribution in [0.15, 0.2) is 0 Å². The Morgan fingerprint density at radius 2 is 0.375 bits per heavy atom. The van der Waals surface area contributed by atoms with Crippen LogP contribution in [0.1, 0.15) is 0 Å². The van der Waals surface area contributed by atoms with E-state index in [2.05, 4.69) is 0 Å². The maximum Gasteiger partial charge on any atom is 0.0319 e. The van der Waals surface area contributed by atoms with E-state index >= 15 is 0 Å². The quantitative estimate of drug-likeness (QED) is 0.318. The molecule has 0 aliphatic rings. The highest BCUT2D eigenvalue weighted by molar-refractivity contribution is 3.18. The first kappa shape index (κ1) is 24.9. The summed E-state index contributed by atoms with van der Waals surface area (Å²) in [5, 5.41) is 28.0. The van der Waals surface area contributed by atoms with Crippen LogP contribution in [0.2, 0.25) is 0 Å². The molecule has 0 radical (unpaired) electrons. The van der Waals surface area contributed by atoms with E-state index in [1.165, 1.54) is 0 Å². The molecule has 56 valence electrons. The maximum atomic E-state index is 7.00. The van der Waals surface area contributed by atoms with Gasteiger partial charge in [-0.3, -0.25) is 0 Å². The van der Waals surface area contributed by atoms with Crippen molar-refractivity contribution in [3.8, 4) is 0 Å². The summed E-state index contributed by atoms with van der Waals surface area (Å²) >= 11 is 0. The van der Waals surface area contributed by atoms with Crippen LogP contribution >= 0.6 is 0 Å². The van der Waals surface area contributed by atoms with Crippen LogP contribution in [0.5, 0.6) is 0 Å². The summed E-state index contributed by atoms with van der Waals surface area (Å²) in [5.41, 5.74) is 0. The van der Waals surface area contributed by atoms with Crippen molar-refractivity contribution in [2.75, 3.05) is 28.4 Å². The molecule has 4 nitrogen and oxygen atoms in total. The number of aliphatic hydroxyl groups is 4. The van der Waals surface area contributed by atoms with Gasteiger partial charge >= 0.3 is 0 Å². The van der Waals surface area contributed by atoms with Gasteiger partial charge in [-0.2, -0.15) is 0 Å². The van der Waals surface area contributed by atoms with Gasteiger partial charge in [-0.15, -0.1) is 0 Å². The van der Waals surface area contributed by atoms with E-state index in [9.17, 15) is 0 Å². The number of aliphatic hydroxyl groups excluding tert-OH is 4. The molecule has 8 heavy (non-hydrogen) atoms. The molecule has 0 unspecified atom stereocenters. The highest BCUT2D eigenvalue weighted by atomic mass is 16.2. The van der Waals surface area contributed by atoms with Crippen LogP contribution in [0.25, 0.3) is 0 Å². The third-order valence-electron chi connectivity index (χ3n) is 0. The van der Waals surface area contributed by atoms with Gasteiger partial charge in [0.15, 0.2) is 0 Å². The van der Waals surface area contributed by atoms with Crippen LogP contribution in [-0.2, 0) is 0 Å². The molecule has 4 heteroatoms. The molecule has 0 aromatic heterocycles. The minimum Gasteiger partial charge on any atom is -0.400 e. The highest BCUT2D eigenvalue weighted by Gasteiger charge is 0.845. The van der Waals surface area contributed by atoms with Gasteiger partial charge < -0.3 is 20.4 Å². The molecule has 0 aliphatic heterocycles. The summed E-state index contributed by atoms with van der Waals surface area (Å²) in [5.74, 6) is 0. The van der Waals surface area contributed by atoms with Gasteiger partial charge in [0, 0.05) is 28.4 Å². The van der Waals surface area contributed by atoms with Crippen LogP contribution in [0, 0.1) is 0 Å². The zero-order valence-electron chi connectivity index (χ0n) is 5.79. The maximum absolute atomic E-state index is 7.00. The average Bonchev–Trinajstić information content (AvgIpc) is 2.03. The second-order valence-electron chi connectivity index (χ2n) is 0. The van der Waals surface area contributed by atoms with Crippen molar-refractivity contribution in [3.05, 3.63) is 0 Å². The molecule has 0 rings (SSSR count). The molecule has 0 amide bonds. The third-order valence-corrected chi connectivity index (χ3v) is 0. The Kier molecular flexibility index (Phi) is 28300. The second kappa shape index (κ2) is 9110. The molecule has 0 aromatic rings. The van der Waals surface area contributed by atoms with Crippen LogP contribution in [0.4, 0.5) is 0 Å². The normalized spacial score (nSPS) is 3.00. The highest BCUT2D eigenvalue weighted by Crippen LogP contribution is 0.761. The van der Waals surface area contributed by atoms with E-state index < -0.39 is 0 Å². The Hall–Kier alpha value is -0.160. The van der Waals surface area contributed by atoms with Crippen molar-refractivity contribution >= 4 is 0 Å². The predicted octanol–water partition coefficient (Wildman–Crippen LogP) is -1.57. The van der Waals surface area contributed by atoms with Gasteiger partial charge in [-0.25, -0.2) is 0 Å². The molecule has 0 spiro atoms. The van der Waals surface area contributed by atoms with E-state index in [1.807, 2.05) is 0 Å². The Labute approximate surface area is 50.0 Å². The van der Waals surface area contributed by atoms with Gasteiger partial charge in [-0.05, 0) is 0 Å². The van der Waals surface area contributed by atoms with Crippen molar-refractivity contribution in [3.63, 3.8) is 0 Å². The van der Waals surface area contributed by atoms with Crippen LogP contribution < -0.4 is 0 Å². The van der Waals surface area contributed by atoms with Crippen molar-refractivity contribution in [1.29, 1.82) is 0 Å². The number of hydrogen-bond donors (Lipinski definition) is 4. The fourth-order valence-electron chi connectivity index (χ4n) is 0. The smallest absolute Gasteiger partial charge is 0.0319 e. The largest absolute Gasteiger partial charge is 0.400 e. The first-order valence-corrected chi connectivity index (χ1v) is 1.79. The SMILES string of the molecule is CO.CO.CO.CO. The van der Waals surface area contributed by atoms with E-state index in [0.29, 0.717) is 0 Å². The van der Waals surface area contributed by atoms with E-state index in [-0.39, 0.29) is 0 Å². The first-order chi connectivity index (χ1) is 4.00. The van der Waals surface area contributed by atoms with Gasteiger partial charge in [0.2, 0.25) is 0 Å². The lowest BCUT2D eigenvalue weighted by Crippen LogP contribution is -1.25. The summed E-state index contributed by atoms with van der Waals surface area (Å²) in [6, 6.07) is 0. The van der Waals surface area contributed by atoms with Crippen molar-refractivity contribution in [2.45, 2.75) is 0 Å². The molecule has 4 N–H and O–H groups in total. The van der Waals surface area contributed by atoms with Crippen molar-refractivity contribution < 1.29 is 20.4 Å². The van der Waals surface area contributed by atoms with E-state index in [1.54, 1.807) is 0 Å². The molecule has 0 aliphatic carbocycles. The monoisotopic (exact) mass is 128 g/mol. The molecule has 0 saturated heterocycles. The number of rotatable bonds is 0. The first-order valence-electron chi connectivity index (χ1n) is 1.79. The summed E-state index contributed by atoms with van der Waals surface area (Å²) in [4.78, 5) is 0. The van der Waals surface area contributed by atoms with E-state index in [0.717, 1.165) is 28.4 Å². The minimum atomic E-state index is 1.00. The predicted molar refractivity (Wildman–Crippen MR) is 32.6 cm³/mol. The van der Waals surface area contributed by atoms with Gasteiger partial charge in [0.25, 0.3) is 0 Å².